The van der Waals surface area contributed by atoms with Gasteiger partial charge in [0.25, 0.3) is 0 Å². The van der Waals surface area contributed by atoms with Gasteiger partial charge >= 0.3 is 0 Å². The first-order valence-corrected chi connectivity index (χ1v) is 8.81. The summed E-state index contributed by atoms with van der Waals surface area (Å²) < 4.78 is 0. The number of hydrogen-bond donors (Lipinski definition) is 2. The molecule has 2 N–H and O–H groups in total. The summed E-state index contributed by atoms with van der Waals surface area (Å²) in [7, 11) is 0. The van der Waals surface area contributed by atoms with Crippen LogP contribution >= 0.6 is 11.3 Å². The lowest BCUT2D eigenvalue weighted by atomic mass is 10.0. The molecule has 0 aliphatic carbocycles. The topological polar surface area (TPSA) is 58.0 Å². The number of thiophene rings is 1. The van der Waals surface area contributed by atoms with Gasteiger partial charge in [0.05, 0.1) is 11.1 Å². The summed E-state index contributed by atoms with van der Waals surface area (Å²) in [5, 5.41) is 14.4. The van der Waals surface area contributed by atoms with Crippen LogP contribution in [-0.2, 0) is 0 Å². The van der Waals surface area contributed by atoms with Gasteiger partial charge in [0.15, 0.2) is 0 Å². The highest BCUT2D eigenvalue weighted by atomic mass is 32.1. The van der Waals surface area contributed by atoms with Crippen LogP contribution in [0.15, 0.2) is 54.9 Å². The second-order valence-corrected chi connectivity index (χ2v) is 7.15. The molecule has 124 valence electrons. The summed E-state index contributed by atoms with van der Waals surface area (Å²) in [6.07, 6.45) is 1.56. The minimum absolute atomic E-state index is 0.200. The number of hydrogen-bond acceptors (Lipinski definition) is 5. The van der Waals surface area contributed by atoms with Gasteiger partial charge in [-0.15, -0.1) is 11.3 Å². The standard InChI is InChI=1S/C20H17N3OS/c1-12-8-9-16(24)15(10-12)23-19-18-17(14-6-4-3-5-7-14)13(2)25-20(18)22-11-21-19/h3-11,24H,1-2H3,(H,21,22,23). The molecule has 0 bridgehead atoms. The molecular formula is C20H17N3OS. The zero-order valence-corrected chi connectivity index (χ0v) is 14.8. The van der Waals surface area contributed by atoms with Gasteiger partial charge in [-0.25, -0.2) is 9.97 Å². The molecule has 0 spiro atoms. The molecule has 0 saturated heterocycles. The van der Waals surface area contributed by atoms with Crippen molar-refractivity contribution in [2.24, 2.45) is 0 Å². The van der Waals surface area contributed by atoms with Crippen LogP contribution in [0.1, 0.15) is 10.4 Å². The second-order valence-electron chi connectivity index (χ2n) is 5.95. The van der Waals surface area contributed by atoms with E-state index in [1.807, 2.05) is 37.3 Å². The minimum Gasteiger partial charge on any atom is -0.506 e. The van der Waals surface area contributed by atoms with Crippen molar-refractivity contribution in [3.63, 3.8) is 0 Å². The molecule has 4 rings (SSSR count). The van der Waals surface area contributed by atoms with E-state index in [4.69, 9.17) is 0 Å². The SMILES string of the molecule is Cc1ccc(O)c(Nc2ncnc3sc(C)c(-c4ccccc4)c23)c1. The highest BCUT2D eigenvalue weighted by Gasteiger charge is 2.17. The van der Waals surface area contributed by atoms with Crippen LogP contribution in [0.25, 0.3) is 21.3 Å². The van der Waals surface area contributed by atoms with Crippen molar-refractivity contribution in [2.45, 2.75) is 13.8 Å². The molecular weight excluding hydrogens is 330 g/mol. The Bertz CT molecular complexity index is 1060. The van der Waals surface area contributed by atoms with Gasteiger partial charge in [0.1, 0.15) is 22.7 Å². The van der Waals surface area contributed by atoms with E-state index in [9.17, 15) is 5.11 Å². The molecule has 0 unspecified atom stereocenters. The molecule has 2 aromatic carbocycles. The van der Waals surface area contributed by atoms with Gasteiger partial charge in [-0.2, -0.15) is 0 Å². The summed E-state index contributed by atoms with van der Waals surface area (Å²) in [6, 6.07) is 15.7. The van der Waals surface area contributed by atoms with Crippen LogP contribution < -0.4 is 5.32 Å². The maximum Gasteiger partial charge on any atom is 0.143 e. The third-order valence-corrected chi connectivity index (χ3v) is 5.15. The smallest absolute Gasteiger partial charge is 0.143 e. The van der Waals surface area contributed by atoms with E-state index in [1.54, 1.807) is 23.7 Å². The lowest BCUT2D eigenvalue weighted by Gasteiger charge is -2.11. The van der Waals surface area contributed by atoms with E-state index >= 15 is 0 Å². The van der Waals surface area contributed by atoms with Crippen LogP contribution in [0.4, 0.5) is 11.5 Å². The number of fused-ring (bicyclic) bond motifs is 1. The largest absolute Gasteiger partial charge is 0.506 e. The van der Waals surface area contributed by atoms with Gasteiger partial charge in [0, 0.05) is 10.4 Å². The molecule has 0 aliphatic heterocycles. The third-order valence-electron chi connectivity index (χ3n) is 4.13. The van der Waals surface area contributed by atoms with Crippen molar-refractivity contribution in [1.29, 1.82) is 0 Å². The lowest BCUT2D eigenvalue weighted by Crippen LogP contribution is -1.96. The monoisotopic (exact) mass is 347 g/mol. The number of nitrogens with zero attached hydrogens (tertiary/aromatic N) is 2. The van der Waals surface area contributed by atoms with Crippen LogP contribution in [-0.4, -0.2) is 15.1 Å². The first kappa shape index (κ1) is 15.6. The average molecular weight is 347 g/mol. The highest BCUT2D eigenvalue weighted by molar-refractivity contribution is 7.19. The van der Waals surface area contributed by atoms with E-state index in [2.05, 4.69) is 34.3 Å². The molecule has 0 aliphatic rings. The molecule has 5 heteroatoms. The maximum absolute atomic E-state index is 10.2. The molecule has 0 saturated carbocycles. The number of rotatable bonds is 3. The lowest BCUT2D eigenvalue weighted by molar-refractivity contribution is 0.477. The molecule has 0 amide bonds. The molecule has 25 heavy (non-hydrogen) atoms. The van der Waals surface area contributed by atoms with E-state index < -0.39 is 0 Å². The number of aromatic hydroxyl groups is 1. The van der Waals surface area contributed by atoms with Gasteiger partial charge in [-0.05, 0) is 37.1 Å². The summed E-state index contributed by atoms with van der Waals surface area (Å²) in [5.74, 6) is 0.902. The predicted octanol–water partition coefficient (Wildman–Crippen LogP) is 5.42. The Morgan fingerprint density at radius 1 is 1.00 bits per heavy atom. The average Bonchev–Trinajstić information content (AvgIpc) is 2.96. The highest BCUT2D eigenvalue weighted by Crippen LogP contribution is 2.41. The zero-order valence-electron chi connectivity index (χ0n) is 13.9. The number of aryl methyl sites for hydroxylation is 2. The van der Waals surface area contributed by atoms with E-state index in [1.165, 1.54) is 4.88 Å². The van der Waals surface area contributed by atoms with Crippen LogP contribution in [0.5, 0.6) is 5.75 Å². The number of anilines is 2. The Labute approximate surface area is 149 Å². The van der Waals surface area contributed by atoms with Crippen molar-refractivity contribution >= 4 is 33.1 Å². The van der Waals surface area contributed by atoms with Crippen molar-refractivity contribution in [1.82, 2.24) is 9.97 Å². The number of nitrogens with one attached hydrogen (secondary N) is 1. The van der Waals surface area contributed by atoms with Crippen LogP contribution in [0.2, 0.25) is 0 Å². The first-order valence-electron chi connectivity index (χ1n) is 7.99. The minimum atomic E-state index is 0.200. The summed E-state index contributed by atoms with van der Waals surface area (Å²) in [6.45, 7) is 4.09. The molecule has 4 nitrogen and oxygen atoms in total. The molecule has 2 aromatic heterocycles. The molecule has 0 fully saturated rings. The number of phenolic OH excluding ortho intramolecular Hbond substituents is 1. The molecule has 0 radical (unpaired) electrons. The maximum atomic E-state index is 10.2. The molecule has 2 heterocycles. The van der Waals surface area contributed by atoms with E-state index in [-0.39, 0.29) is 5.75 Å². The molecule has 0 atom stereocenters. The van der Waals surface area contributed by atoms with Crippen molar-refractivity contribution in [3.05, 3.63) is 65.3 Å². The number of aromatic nitrogens is 2. The Hall–Kier alpha value is -2.92. The third kappa shape index (κ3) is 2.83. The number of phenols is 1. The fourth-order valence-corrected chi connectivity index (χ4v) is 3.98. The van der Waals surface area contributed by atoms with Crippen LogP contribution in [0, 0.1) is 13.8 Å². The summed E-state index contributed by atoms with van der Waals surface area (Å²) in [4.78, 5) is 11.0. The van der Waals surface area contributed by atoms with Gasteiger partial charge in [-0.3, -0.25) is 0 Å². The zero-order chi connectivity index (χ0) is 17.4. The predicted molar refractivity (Wildman–Crippen MR) is 104 cm³/mol. The Morgan fingerprint density at radius 2 is 1.80 bits per heavy atom. The van der Waals surface area contributed by atoms with Crippen molar-refractivity contribution in [3.8, 4) is 16.9 Å². The van der Waals surface area contributed by atoms with Crippen LogP contribution in [0.3, 0.4) is 0 Å². The van der Waals surface area contributed by atoms with Crippen molar-refractivity contribution < 1.29 is 5.11 Å². The Kier molecular flexibility index (Phi) is 3.86. The normalized spacial score (nSPS) is 11.0. The summed E-state index contributed by atoms with van der Waals surface area (Å²) in [5.41, 5.74) is 3.98. The fraction of sp³-hybridized carbons (Fsp3) is 0.100. The Balaban J connectivity index is 1.92. The number of benzene rings is 2. The quantitative estimate of drug-likeness (QED) is 0.486. The first-order chi connectivity index (χ1) is 12.1. The fourth-order valence-electron chi connectivity index (χ4n) is 2.97. The van der Waals surface area contributed by atoms with Gasteiger partial charge in [0.2, 0.25) is 0 Å². The van der Waals surface area contributed by atoms with E-state index in [0.717, 1.165) is 26.9 Å². The molecule has 4 aromatic rings. The Morgan fingerprint density at radius 3 is 2.60 bits per heavy atom. The summed E-state index contributed by atoms with van der Waals surface area (Å²) >= 11 is 1.65. The van der Waals surface area contributed by atoms with Gasteiger partial charge < -0.3 is 10.4 Å². The van der Waals surface area contributed by atoms with E-state index in [0.29, 0.717) is 11.5 Å². The van der Waals surface area contributed by atoms with Gasteiger partial charge in [-0.1, -0.05) is 36.4 Å². The second kappa shape index (κ2) is 6.18. The van der Waals surface area contributed by atoms with Crippen molar-refractivity contribution in [2.75, 3.05) is 5.32 Å².